The zero-order valence-electron chi connectivity index (χ0n) is 21.6. The van der Waals surface area contributed by atoms with Gasteiger partial charge in [0.2, 0.25) is 0 Å². The topological polar surface area (TPSA) is 111 Å². The first kappa shape index (κ1) is 27.7. The lowest BCUT2D eigenvalue weighted by Gasteiger charge is -2.33. The van der Waals surface area contributed by atoms with Gasteiger partial charge < -0.3 is 20.0 Å². The van der Waals surface area contributed by atoms with Crippen LogP contribution in [0.4, 0.5) is 18.0 Å². The van der Waals surface area contributed by atoms with Gasteiger partial charge in [-0.25, -0.2) is 4.79 Å². The van der Waals surface area contributed by atoms with E-state index in [9.17, 15) is 27.9 Å². The Bertz CT molecular complexity index is 1550. The van der Waals surface area contributed by atoms with Crippen molar-refractivity contribution in [2.75, 3.05) is 26.2 Å². The van der Waals surface area contributed by atoms with Crippen molar-refractivity contribution in [2.24, 2.45) is 4.99 Å². The largest absolute Gasteiger partial charge is 0.465 e. The van der Waals surface area contributed by atoms with Crippen LogP contribution in [-0.2, 0) is 23.1 Å². The van der Waals surface area contributed by atoms with Gasteiger partial charge in [0.25, 0.3) is 5.91 Å². The maximum absolute atomic E-state index is 13.8. The second-order valence-electron chi connectivity index (χ2n) is 10.1. The zero-order chi connectivity index (χ0) is 28.8. The van der Waals surface area contributed by atoms with E-state index in [1.54, 1.807) is 30.5 Å². The Hall–Kier alpha value is -3.84. The summed E-state index contributed by atoms with van der Waals surface area (Å²) in [5.74, 6) is -0.384. The molecule has 40 heavy (non-hydrogen) atoms. The minimum atomic E-state index is -4.60. The third kappa shape index (κ3) is 5.70. The minimum absolute atomic E-state index is 0.0264. The van der Waals surface area contributed by atoms with E-state index in [-0.39, 0.29) is 23.6 Å². The lowest BCUT2D eigenvalue weighted by Crippen LogP contribution is -2.49. The molecule has 13 heteroatoms. The molecule has 2 aliphatic heterocycles. The van der Waals surface area contributed by atoms with E-state index in [4.69, 9.17) is 5.11 Å². The van der Waals surface area contributed by atoms with Crippen molar-refractivity contribution in [2.45, 2.75) is 32.2 Å². The van der Waals surface area contributed by atoms with E-state index in [1.165, 1.54) is 47.3 Å². The van der Waals surface area contributed by atoms with Gasteiger partial charge in [0.1, 0.15) is 0 Å². The molecule has 0 radical (unpaired) electrons. The van der Waals surface area contributed by atoms with Gasteiger partial charge in [-0.1, -0.05) is 18.2 Å². The Morgan fingerprint density at radius 1 is 1.10 bits per heavy atom. The predicted octanol–water partition coefficient (Wildman–Crippen LogP) is 4.60. The van der Waals surface area contributed by atoms with E-state index in [1.807, 2.05) is 4.90 Å². The Morgan fingerprint density at radius 3 is 2.48 bits per heavy atom. The summed E-state index contributed by atoms with van der Waals surface area (Å²) in [7, 11) is 0. The number of carbonyl (C=O) groups is 2. The molecule has 1 aromatic heterocycles. The summed E-state index contributed by atoms with van der Waals surface area (Å²) in [6.45, 7) is 4.30. The molecule has 1 fully saturated rings. The molecular formula is C27H26F3N5O4S. The fourth-order valence-corrected chi connectivity index (χ4v) is 5.58. The second kappa shape index (κ2) is 10.3. The average Bonchev–Trinajstić information content (AvgIpc) is 3.45. The minimum Gasteiger partial charge on any atom is -0.465 e. The van der Waals surface area contributed by atoms with Gasteiger partial charge in [-0.05, 0) is 66.6 Å². The highest BCUT2D eigenvalue weighted by atomic mass is 32.2. The maximum atomic E-state index is 13.8. The molecule has 2 amide bonds. The molecule has 0 atom stereocenters. The van der Waals surface area contributed by atoms with Crippen molar-refractivity contribution in [3.05, 3.63) is 69.8 Å². The molecule has 1 saturated heterocycles. The molecule has 3 heterocycles. The summed E-state index contributed by atoms with van der Waals surface area (Å²) in [6.07, 6.45) is -2.32. The van der Waals surface area contributed by atoms with Crippen molar-refractivity contribution >= 4 is 45.9 Å². The number of alkyl halides is 3. The van der Waals surface area contributed by atoms with Crippen LogP contribution < -0.4 is 0 Å². The molecule has 0 spiro atoms. The van der Waals surface area contributed by atoms with Gasteiger partial charge in [-0.15, -0.1) is 0 Å². The third-order valence-corrected chi connectivity index (χ3v) is 7.88. The molecule has 210 valence electrons. The summed E-state index contributed by atoms with van der Waals surface area (Å²) in [6, 6.07) is 9.12. The number of rotatable bonds is 4. The van der Waals surface area contributed by atoms with E-state index in [0.29, 0.717) is 52.7 Å². The summed E-state index contributed by atoms with van der Waals surface area (Å²) >= 11 is 1.23. The number of aliphatic hydroxyl groups is 1. The Labute approximate surface area is 231 Å². The highest BCUT2D eigenvalue weighted by molar-refractivity contribution is 8.18. The number of amides is 2. The van der Waals surface area contributed by atoms with Crippen LogP contribution in [0.15, 0.2) is 52.5 Å². The van der Waals surface area contributed by atoms with E-state index < -0.39 is 23.4 Å². The van der Waals surface area contributed by atoms with Crippen LogP contribution >= 0.6 is 11.8 Å². The number of hydrogen-bond donors (Lipinski definition) is 2. The standard InChI is InChI=1S/C27H26F3N5O4S/c1-26(2,39)19-5-4-17(20(13-19)27(28,29)30)15-35-21-6-3-16(11-18(21)14-31-35)12-22-23(36)32-24(40-22)33-7-9-34(10-8-33)25(37)38/h3-6,11-14,39H,7-10,15H2,1-2H3,(H,37,38). The van der Waals surface area contributed by atoms with Gasteiger partial charge in [0.15, 0.2) is 5.17 Å². The molecular weight excluding hydrogens is 547 g/mol. The highest BCUT2D eigenvalue weighted by Crippen LogP contribution is 2.36. The van der Waals surface area contributed by atoms with E-state index in [2.05, 4.69) is 10.1 Å². The molecule has 9 nitrogen and oxygen atoms in total. The predicted molar refractivity (Wildman–Crippen MR) is 145 cm³/mol. The van der Waals surface area contributed by atoms with Crippen molar-refractivity contribution in [1.29, 1.82) is 0 Å². The Morgan fingerprint density at radius 2 is 1.82 bits per heavy atom. The molecule has 5 rings (SSSR count). The lowest BCUT2D eigenvalue weighted by molar-refractivity contribution is -0.138. The lowest BCUT2D eigenvalue weighted by atomic mass is 9.93. The number of hydrogen-bond acceptors (Lipinski definition) is 6. The van der Waals surface area contributed by atoms with Crippen LogP contribution in [0.25, 0.3) is 17.0 Å². The number of nitrogens with zero attached hydrogens (tertiary/aromatic N) is 5. The number of fused-ring (bicyclic) bond motifs is 1. The molecule has 0 saturated carbocycles. The fraction of sp³-hybridized carbons (Fsp3) is 0.333. The van der Waals surface area contributed by atoms with Crippen LogP contribution in [0.2, 0.25) is 0 Å². The first-order valence-corrected chi connectivity index (χ1v) is 13.3. The molecule has 3 aromatic rings. The molecule has 0 bridgehead atoms. The van der Waals surface area contributed by atoms with Crippen LogP contribution in [0.1, 0.15) is 36.1 Å². The van der Waals surface area contributed by atoms with Crippen LogP contribution in [0.3, 0.4) is 0 Å². The zero-order valence-corrected chi connectivity index (χ0v) is 22.5. The van der Waals surface area contributed by atoms with Gasteiger partial charge in [0.05, 0.1) is 34.3 Å². The molecule has 0 aliphatic carbocycles. The normalized spacial score (nSPS) is 17.7. The van der Waals surface area contributed by atoms with E-state index in [0.717, 1.165) is 6.07 Å². The summed E-state index contributed by atoms with van der Waals surface area (Å²) < 4.78 is 43.0. The van der Waals surface area contributed by atoms with Crippen LogP contribution in [0.5, 0.6) is 0 Å². The maximum Gasteiger partial charge on any atom is 0.416 e. The summed E-state index contributed by atoms with van der Waals surface area (Å²) in [5.41, 5.74) is -0.712. The SMILES string of the molecule is CC(C)(O)c1ccc(Cn2ncc3cc(C=C4SC(N5CCN(C(=O)O)CC5)=NC4=O)ccc32)c(C(F)(F)F)c1. The van der Waals surface area contributed by atoms with Gasteiger partial charge in [-0.3, -0.25) is 9.48 Å². The average molecular weight is 574 g/mol. The first-order chi connectivity index (χ1) is 18.8. The van der Waals surface area contributed by atoms with Crippen molar-refractivity contribution in [3.8, 4) is 0 Å². The molecule has 2 N–H and O–H groups in total. The Kier molecular flexibility index (Phi) is 7.13. The van der Waals surface area contributed by atoms with Gasteiger partial charge in [0, 0.05) is 31.6 Å². The molecule has 2 aromatic carbocycles. The smallest absolute Gasteiger partial charge is 0.416 e. The highest BCUT2D eigenvalue weighted by Gasteiger charge is 2.35. The monoisotopic (exact) mass is 573 g/mol. The number of carbonyl (C=O) groups excluding carboxylic acids is 1. The third-order valence-electron chi connectivity index (χ3n) is 6.84. The van der Waals surface area contributed by atoms with Crippen molar-refractivity contribution in [3.63, 3.8) is 0 Å². The van der Waals surface area contributed by atoms with Crippen LogP contribution in [-0.4, -0.2) is 73.1 Å². The second-order valence-corrected chi connectivity index (χ2v) is 11.1. The molecule has 2 aliphatic rings. The van der Waals surface area contributed by atoms with Gasteiger partial charge >= 0.3 is 12.3 Å². The number of amidine groups is 1. The van der Waals surface area contributed by atoms with Crippen molar-refractivity contribution < 1.29 is 33.0 Å². The number of halogens is 3. The molecule has 0 unspecified atom stereocenters. The fourth-order valence-electron chi connectivity index (χ4n) is 4.62. The first-order valence-electron chi connectivity index (χ1n) is 12.4. The number of carboxylic acid groups (broad SMARTS) is 1. The van der Waals surface area contributed by atoms with Crippen molar-refractivity contribution in [1.82, 2.24) is 19.6 Å². The number of benzene rings is 2. The number of piperazine rings is 1. The number of aliphatic imine (C=N–C) groups is 1. The number of thioether (sulfide) groups is 1. The Balaban J connectivity index is 1.34. The van der Waals surface area contributed by atoms with Crippen LogP contribution in [0, 0.1) is 0 Å². The summed E-state index contributed by atoms with van der Waals surface area (Å²) in [5, 5.41) is 24.8. The quantitative estimate of drug-likeness (QED) is 0.439. The number of aromatic nitrogens is 2. The summed E-state index contributed by atoms with van der Waals surface area (Å²) in [4.78, 5) is 31.4. The van der Waals surface area contributed by atoms with Gasteiger partial charge in [-0.2, -0.15) is 23.3 Å². The van der Waals surface area contributed by atoms with E-state index >= 15 is 0 Å².